The van der Waals surface area contributed by atoms with Crippen LogP contribution in [0.1, 0.15) is 5.56 Å². The number of aromatic nitrogens is 1. The number of benzene rings is 2. The zero-order valence-electron chi connectivity index (χ0n) is 14.4. The van der Waals surface area contributed by atoms with E-state index < -0.39 is 0 Å². The zero-order valence-corrected chi connectivity index (χ0v) is 15.3. The van der Waals surface area contributed by atoms with Crippen LogP contribution >= 0.6 is 11.3 Å². The van der Waals surface area contributed by atoms with Crippen molar-refractivity contribution in [1.29, 1.82) is 0 Å². The lowest BCUT2D eigenvalue weighted by atomic mass is 10.1. The fourth-order valence-electron chi connectivity index (χ4n) is 2.60. The number of halogens is 1. The van der Waals surface area contributed by atoms with Crippen LogP contribution < -0.4 is 15.4 Å². The van der Waals surface area contributed by atoms with Gasteiger partial charge in [0.1, 0.15) is 11.6 Å². The number of nitrogens with one attached hydrogen (secondary N) is 2. The molecule has 8 heteroatoms. The van der Waals surface area contributed by atoms with Crippen LogP contribution in [0.5, 0.6) is 5.75 Å². The third kappa shape index (κ3) is 4.07. The lowest BCUT2D eigenvalue weighted by Gasteiger charge is -2.18. The first-order valence-corrected chi connectivity index (χ1v) is 9.22. The summed E-state index contributed by atoms with van der Waals surface area (Å²) < 4.78 is 18.2. The lowest BCUT2D eigenvalue weighted by molar-refractivity contribution is -0.118. The van der Waals surface area contributed by atoms with E-state index in [-0.39, 0.29) is 24.2 Å². The largest absolute Gasteiger partial charge is 0.482 e. The summed E-state index contributed by atoms with van der Waals surface area (Å²) in [4.78, 5) is 27.9. The van der Waals surface area contributed by atoms with Gasteiger partial charge in [0.2, 0.25) is 5.91 Å². The molecule has 2 aromatic carbocycles. The molecule has 3 aromatic rings. The minimum Gasteiger partial charge on any atom is -0.482 e. The average molecular weight is 395 g/mol. The Balaban J connectivity index is 1.44. The van der Waals surface area contributed by atoms with Crippen molar-refractivity contribution in [1.82, 2.24) is 4.98 Å². The van der Waals surface area contributed by atoms with E-state index in [1.54, 1.807) is 30.3 Å². The van der Waals surface area contributed by atoms with Gasteiger partial charge in [-0.3, -0.25) is 14.9 Å². The van der Waals surface area contributed by atoms with E-state index >= 15 is 0 Å². The highest BCUT2D eigenvalue weighted by atomic mass is 32.1. The van der Waals surface area contributed by atoms with E-state index in [0.29, 0.717) is 22.3 Å². The standard InChI is InChI=1S/C20H14FN3O3S/c21-14-5-1-12(2-6-14)3-8-18(25)24-20-23-16(11-28-20)13-4-7-17-15(9-13)22-19(26)10-27-17/h1-9,11H,10H2,(H,22,26)(H,23,24,25)/b8-3+. The van der Waals surface area contributed by atoms with Crippen molar-refractivity contribution < 1.29 is 18.7 Å². The second kappa shape index (κ2) is 7.61. The molecule has 28 heavy (non-hydrogen) atoms. The molecule has 140 valence electrons. The molecule has 6 nitrogen and oxygen atoms in total. The Bertz CT molecular complexity index is 1080. The minimum atomic E-state index is -0.337. The molecule has 2 amide bonds. The molecule has 0 spiro atoms. The minimum absolute atomic E-state index is 0.00463. The number of amides is 2. The summed E-state index contributed by atoms with van der Waals surface area (Å²) in [6.07, 6.45) is 2.95. The Morgan fingerprint density at radius 2 is 2.07 bits per heavy atom. The predicted molar refractivity (Wildman–Crippen MR) is 106 cm³/mol. The SMILES string of the molecule is O=C(/C=C/c1ccc(F)cc1)Nc1nc(-c2ccc3c(c2)NC(=O)CO3)cs1. The van der Waals surface area contributed by atoms with Crippen LogP contribution in [0.3, 0.4) is 0 Å². The van der Waals surface area contributed by atoms with Gasteiger partial charge in [-0.2, -0.15) is 0 Å². The lowest BCUT2D eigenvalue weighted by Crippen LogP contribution is -2.25. The normalized spacial score (nSPS) is 13.0. The Labute approximate surface area is 163 Å². The van der Waals surface area contributed by atoms with Crippen molar-refractivity contribution in [2.24, 2.45) is 0 Å². The topological polar surface area (TPSA) is 80.3 Å². The molecule has 1 aliphatic heterocycles. The molecular formula is C20H14FN3O3S. The van der Waals surface area contributed by atoms with E-state index in [1.807, 2.05) is 11.4 Å². The molecule has 0 aliphatic carbocycles. The van der Waals surface area contributed by atoms with Crippen LogP contribution in [-0.2, 0) is 9.59 Å². The molecule has 0 unspecified atom stereocenters. The van der Waals surface area contributed by atoms with Gasteiger partial charge < -0.3 is 10.1 Å². The summed E-state index contributed by atoms with van der Waals surface area (Å²) in [5.74, 6) is -0.261. The number of anilines is 2. The monoisotopic (exact) mass is 395 g/mol. The van der Waals surface area contributed by atoms with Gasteiger partial charge >= 0.3 is 0 Å². The van der Waals surface area contributed by atoms with Gasteiger partial charge in [-0.1, -0.05) is 12.1 Å². The van der Waals surface area contributed by atoms with Crippen LogP contribution in [-0.4, -0.2) is 23.4 Å². The Morgan fingerprint density at radius 3 is 2.89 bits per heavy atom. The second-order valence-electron chi connectivity index (χ2n) is 5.96. The van der Waals surface area contributed by atoms with Gasteiger partial charge in [-0.05, 0) is 42.0 Å². The maximum Gasteiger partial charge on any atom is 0.262 e. The Kier molecular flexibility index (Phi) is 4.86. The molecule has 0 bridgehead atoms. The molecule has 0 saturated carbocycles. The highest BCUT2D eigenvalue weighted by Crippen LogP contribution is 2.33. The molecule has 1 aliphatic rings. The van der Waals surface area contributed by atoms with E-state index in [9.17, 15) is 14.0 Å². The summed E-state index contributed by atoms with van der Waals surface area (Å²) in [6, 6.07) is 11.2. The summed E-state index contributed by atoms with van der Waals surface area (Å²) in [5, 5.41) is 7.71. The van der Waals surface area contributed by atoms with Gasteiger partial charge in [0, 0.05) is 17.0 Å². The highest BCUT2D eigenvalue weighted by molar-refractivity contribution is 7.14. The van der Waals surface area contributed by atoms with Gasteiger partial charge in [0.15, 0.2) is 11.7 Å². The third-order valence-corrected chi connectivity index (χ3v) is 4.70. The van der Waals surface area contributed by atoms with Crippen LogP contribution in [0.2, 0.25) is 0 Å². The molecule has 1 aromatic heterocycles. The summed E-state index contributed by atoms with van der Waals surface area (Å²) in [5.41, 5.74) is 2.78. The number of rotatable bonds is 4. The third-order valence-electron chi connectivity index (χ3n) is 3.94. The van der Waals surface area contributed by atoms with Crippen molar-refractivity contribution in [3.63, 3.8) is 0 Å². The first-order valence-electron chi connectivity index (χ1n) is 8.34. The van der Waals surface area contributed by atoms with Crippen LogP contribution in [0.25, 0.3) is 17.3 Å². The van der Waals surface area contributed by atoms with Crippen LogP contribution in [0.15, 0.2) is 53.9 Å². The average Bonchev–Trinajstić information content (AvgIpc) is 3.15. The molecule has 0 fully saturated rings. The van der Waals surface area contributed by atoms with E-state index in [1.165, 1.54) is 29.5 Å². The van der Waals surface area contributed by atoms with Crippen LogP contribution in [0.4, 0.5) is 15.2 Å². The number of carbonyl (C=O) groups is 2. The molecule has 4 rings (SSSR count). The number of hydrogen-bond acceptors (Lipinski definition) is 5. The fraction of sp³-hybridized carbons (Fsp3) is 0.0500. The molecule has 2 N–H and O–H groups in total. The molecule has 2 heterocycles. The Hall–Kier alpha value is -3.52. The van der Waals surface area contributed by atoms with E-state index in [4.69, 9.17) is 4.74 Å². The number of carbonyl (C=O) groups excluding carboxylic acids is 2. The molecule has 0 saturated heterocycles. The van der Waals surface area contributed by atoms with Crippen molar-refractivity contribution in [3.05, 3.63) is 65.3 Å². The maximum atomic E-state index is 12.9. The van der Waals surface area contributed by atoms with Crippen molar-refractivity contribution >= 4 is 40.0 Å². The van der Waals surface area contributed by atoms with Gasteiger partial charge in [-0.25, -0.2) is 9.37 Å². The number of fused-ring (bicyclic) bond motifs is 1. The zero-order chi connectivity index (χ0) is 19.5. The van der Waals surface area contributed by atoms with Crippen LogP contribution in [0, 0.1) is 5.82 Å². The van der Waals surface area contributed by atoms with Crippen molar-refractivity contribution in [2.75, 3.05) is 17.2 Å². The summed E-state index contributed by atoms with van der Waals surface area (Å²) in [6.45, 7) is 0.00463. The van der Waals surface area contributed by atoms with E-state index in [0.717, 1.165) is 11.1 Å². The molecule has 0 radical (unpaired) electrons. The predicted octanol–water partition coefficient (Wildman–Crippen LogP) is 3.93. The highest BCUT2D eigenvalue weighted by Gasteiger charge is 2.17. The molecule has 0 atom stereocenters. The summed E-state index contributed by atoms with van der Waals surface area (Å²) >= 11 is 1.29. The summed E-state index contributed by atoms with van der Waals surface area (Å²) in [7, 11) is 0. The number of thiazole rings is 1. The van der Waals surface area contributed by atoms with Gasteiger partial charge in [0.05, 0.1) is 11.4 Å². The maximum absolute atomic E-state index is 12.9. The number of nitrogens with zero attached hydrogens (tertiary/aromatic N) is 1. The Morgan fingerprint density at radius 1 is 1.25 bits per heavy atom. The first kappa shape index (κ1) is 17.9. The number of ether oxygens (including phenoxy) is 1. The second-order valence-corrected chi connectivity index (χ2v) is 6.82. The molecular weight excluding hydrogens is 381 g/mol. The van der Waals surface area contributed by atoms with Gasteiger partial charge in [-0.15, -0.1) is 11.3 Å². The van der Waals surface area contributed by atoms with Crippen molar-refractivity contribution in [2.45, 2.75) is 0 Å². The fourth-order valence-corrected chi connectivity index (χ4v) is 3.32. The smallest absolute Gasteiger partial charge is 0.262 e. The number of hydrogen-bond donors (Lipinski definition) is 2. The van der Waals surface area contributed by atoms with E-state index in [2.05, 4.69) is 15.6 Å². The first-order chi connectivity index (χ1) is 13.6. The quantitative estimate of drug-likeness (QED) is 0.656. The van der Waals surface area contributed by atoms with Gasteiger partial charge in [0.25, 0.3) is 5.91 Å². The van der Waals surface area contributed by atoms with Crippen molar-refractivity contribution in [3.8, 4) is 17.0 Å².